The van der Waals surface area contributed by atoms with Crippen LogP contribution < -0.4 is 10.6 Å². The second-order valence-electron chi connectivity index (χ2n) is 5.97. The van der Waals surface area contributed by atoms with Crippen molar-refractivity contribution < 1.29 is 23.5 Å². The lowest BCUT2D eigenvalue weighted by Gasteiger charge is -2.10. The van der Waals surface area contributed by atoms with Gasteiger partial charge in [0.15, 0.2) is 12.4 Å². The van der Waals surface area contributed by atoms with Crippen LogP contribution in [0.2, 0.25) is 0 Å². The van der Waals surface area contributed by atoms with Gasteiger partial charge in [0.1, 0.15) is 0 Å². The molecule has 1 heterocycles. The Hall–Kier alpha value is -3.87. The van der Waals surface area contributed by atoms with Crippen LogP contribution in [0.3, 0.4) is 0 Å². The lowest BCUT2D eigenvalue weighted by atomic mass is 10.1. The van der Waals surface area contributed by atoms with Gasteiger partial charge in [-0.2, -0.15) is 0 Å². The van der Waals surface area contributed by atoms with Gasteiger partial charge in [-0.15, -0.1) is 0 Å². The molecule has 0 radical (unpaired) electrons. The number of carbonyl (C=O) groups is 3. The number of nitrogens with one attached hydrogen (secondary N) is 2. The Kier molecular flexibility index (Phi) is 5.86. The third-order valence-electron chi connectivity index (χ3n) is 3.81. The molecule has 0 aliphatic carbocycles. The van der Waals surface area contributed by atoms with E-state index in [1.165, 1.54) is 18.4 Å². The fraction of sp³-hybridized carbons (Fsp3) is 0.0952. The summed E-state index contributed by atoms with van der Waals surface area (Å²) < 4.78 is 10.1. The summed E-state index contributed by atoms with van der Waals surface area (Å²) in [5, 5.41) is 5.24. The minimum Gasteiger partial charge on any atom is -0.459 e. The van der Waals surface area contributed by atoms with Crippen LogP contribution in [0.15, 0.2) is 71.3 Å². The van der Waals surface area contributed by atoms with Gasteiger partial charge < -0.3 is 19.8 Å². The first-order valence-electron chi connectivity index (χ1n) is 8.50. The van der Waals surface area contributed by atoms with Gasteiger partial charge in [0.2, 0.25) is 0 Å². The normalized spacial score (nSPS) is 10.2. The van der Waals surface area contributed by atoms with Gasteiger partial charge in [0, 0.05) is 5.69 Å². The maximum absolute atomic E-state index is 12.4. The van der Waals surface area contributed by atoms with E-state index in [0.29, 0.717) is 5.69 Å². The highest BCUT2D eigenvalue weighted by Crippen LogP contribution is 2.18. The predicted octanol–water partition coefficient (Wildman–Crippen LogP) is 3.64. The van der Waals surface area contributed by atoms with Crippen LogP contribution in [-0.4, -0.2) is 24.4 Å². The number of aryl methyl sites for hydroxylation is 1. The smallest absolute Gasteiger partial charge is 0.340 e. The van der Waals surface area contributed by atoms with E-state index in [-0.39, 0.29) is 17.0 Å². The van der Waals surface area contributed by atoms with Crippen molar-refractivity contribution >= 4 is 29.2 Å². The van der Waals surface area contributed by atoms with E-state index < -0.39 is 24.4 Å². The largest absolute Gasteiger partial charge is 0.459 e. The molecule has 0 spiro atoms. The molecule has 0 saturated heterocycles. The molecule has 1 aromatic heterocycles. The lowest BCUT2D eigenvalue weighted by Crippen LogP contribution is -2.22. The molecule has 28 heavy (non-hydrogen) atoms. The van der Waals surface area contributed by atoms with Crippen molar-refractivity contribution in [3.8, 4) is 0 Å². The van der Waals surface area contributed by atoms with Crippen molar-refractivity contribution in [1.82, 2.24) is 0 Å². The summed E-state index contributed by atoms with van der Waals surface area (Å²) in [6, 6.07) is 16.7. The number of amides is 2. The van der Waals surface area contributed by atoms with Gasteiger partial charge in [-0.25, -0.2) is 4.79 Å². The Balaban J connectivity index is 1.60. The SMILES string of the molecule is Cc1ccc(NC(=O)COC(=O)c2ccccc2NC(=O)c2ccco2)cc1. The van der Waals surface area contributed by atoms with E-state index in [1.54, 1.807) is 36.4 Å². The average molecular weight is 378 g/mol. The highest BCUT2D eigenvalue weighted by Gasteiger charge is 2.17. The predicted molar refractivity (Wildman–Crippen MR) is 103 cm³/mol. The van der Waals surface area contributed by atoms with E-state index >= 15 is 0 Å². The average Bonchev–Trinajstić information content (AvgIpc) is 3.23. The Morgan fingerprint density at radius 1 is 0.929 bits per heavy atom. The number of benzene rings is 2. The molecular formula is C21H18N2O5. The van der Waals surface area contributed by atoms with Gasteiger partial charge in [0.25, 0.3) is 11.8 Å². The molecule has 3 aromatic rings. The quantitative estimate of drug-likeness (QED) is 0.638. The Morgan fingerprint density at radius 3 is 2.39 bits per heavy atom. The summed E-state index contributed by atoms with van der Waals surface area (Å²) in [5.74, 6) is -1.58. The zero-order valence-electron chi connectivity index (χ0n) is 15.1. The molecule has 0 saturated carbocycles. The first kappa shape index (κ1) is 18.9. The molecule has 142 valence electrons. The summed E-state index contributed by atoms with van der Waals surface area (Å²) in [7, 11) is 0. The molecule has 2 N–H and O–H groups in total. The minimum atomic E-state index is -0.727. The Morgan fingerprint density at radius 2 is 1.68 bits per heavy atom. The fourth-order valence-corrected chi connectivity index (χ4v) is 2.40. The van der Waals surface area contributed by atoms with Crippen molar-refractivity contribution in [3.63, 3.8) is 0 Å². The van der Waals surface area contributed by atoms with Crippen molar-refractivity contribution in [2.45, 2.75) is 6.92 Å². The maximum Gasteiger partial charge on any atom is 0.340 e. The van der Waals surface area contributed by atoms with Crippen LogP contribution in [-0.2, 0) is 9.53 Å². The second-order valence-corrected chi connectivity index (χ2v) is 5.97. The van der Waals surface area contributed by atoms with Gasteiger partial charge in [-0.05, 0) is 43.3 Å². The molecule has 0 aliphatic rings. The second kappa shape index (κ2) is 8.68. The zero-order valence-corrected chi connectivity index (χ0v) is 15.1. The molecule has 7 heteroatoms. The van der Waals surface area contributed by atoms with E-state index in [1.807, 2.05) is 19.1 Å². The molecule has 2 aromatic carbocycles. The monoisotopic (exact) mass is 378 g/mol. The van der Waals surface area contributed by atoms with Crippen LogP contribution >= 0.6 is 0 Å². The number of ether oxygens (including phenoxy) is 1. The number of anilines is 2. The zero-order chi connectivity index (χ0) is 19.9. The highest BCUT2D eigenvalue weighted by molar-refractivity contribution is 6.07. The van der Waals surface area contributed by atoms with Crippen LogP contribution in [0, 0.1) is 6.92 Å². The van der Waals surface area contributed by atoms with E-state index in [4.69, 9.17) is 9.15 Å². The van der Waals surface area contributed by atoms with Crippen LogP contribution in [0.5, 0.6) is 0 Å². The van der Waals surface area contributed by atoms with E-state index in [0.717, 1.165) is 5.56 Å². The molecule has 3 rings (SSSR count). The lowest BCUT2D eigenvalue weighted by molar-refractivity contribution is -0.119. The number of esters is 1. The third-order valence-corrected chi connectivity index (χ3v) is 3.81. The number of para-hydroxylation sites is 1. The van der Waals surface area contributed by atoms with Gasteiger partial charge in [0.05, 0.1) is 17.5 Å². The topological polar surface area (TPSA) is 97.6 Å². The van der Waals surface area contributed by atoms with E-state index in [9.17, 15) is 14.4 Å². The molecule has 7 nitrogen and oxygen atoms in total. The number of furan rings is 1. The molecule has 0 unspecified atom stereocenters. The molecule has 0 atom stereocenters. The van der Waals surface area contributed by atoms with Crippen molar-refractivity contribution in [3.05, 3.63) is 83.8 Å². The Labute approximate surface area is 161 Å². The van der Waals surface area contributed by atoms with Gasteiger partial charge in [-0.1, -0.05) is 29.8 Å². The fourth-order valence-electron chi connectivity index (χ4n) is 2.40. The van der Waals surface area contributed by atoms with Gasteiger partial charge in [-0.3, -0.25) is 9.59 Å². The third kappa shape index (κ3) is 4.85. The molecule has 0 bridgehead atoms. The van der Waals surface area contributed by atoms with Crippen molar-refractivity contribution in [2.24, 2.45) is 0 Å². The summed E-state index contributed by atoms with van der Waals surface area (Å²) >= 11 is 0. The van der Waals surface area contributed by atoms with E-state index in [2.05, 4.69) is 10.6 Å². The molecule has 0 aliphatic heterocycles. The maximum atomic E-state index is 12.4. The van der Waals surface area contributed by atoms with Gasteiger partial charge >= 0.3 is 5.97 Å². The number of hydrogen-bond acceptors (Lipinski definition) is 5. The van der Waals surface area contributed by atoms with Crippen LogP contribution in [0.4, 0.5) is 11.4 Å². The summed E-state index contributed by atoms with van der Waals surface area (Å²) in [6.45, 7) is 1.49. The minimum absolute atomic E-state index is 0.112. The number of carbonyl (C=O) groups excluding carboxylic acids is 3. The molecular weight excluding hydrogens is 360 g/mol. The number of hydrogen-bond donors (Lipinski definition) is 2. The molecule has 2 amide bonds. The van der Waals surface area contributed by atoms with Crippen molar-refractivity contribution in [2.75, 3.05) is 17.2 Å². The summed E-state index contributed by atoms with van der Waals surface area (Å²) in [5.41, 5.74) is 2.06. The highest BCUT2D eigenvalue weighted by atomic mass is 16.5. The first-order valence-corrected chi connectivity index (χ1v) is 8.50. The number of rotatable bonds is 6. The molecule has 0 fully saturated rings. The van der Waals surface area contributed by atoms with Crippen LogP contribution in [0.1, 0.15) is 26.5 Å². The Bertz CT molecular complexity index is 978. The first-order chi connectivity index (χ1) is 13.5. The standard InChI is InChI=1S/C21H18N2O5/c1-14-8-10-15(11-9-14)22-19(24)13-28-21(26)16-5-2-3-6-17(16)23-20(25)18-7-4-12-27-18/h2-12H,13H2,1H3,(H,22,24)(H,23,25). The summed E-state index contributed by atoms with van der Waals surface area (Å²) in [6.07, 6.45) is 1.38. The summed E-state index contributed by atoms with van der Waals surface area (Å²) in [4.78, 5) is 36.5. The van der Waals surface area contributed by atoms with Crippen LogP contribution in [0.25, 0.3) is 0 Å². The van der Waals surface area contributed by atoms with Crippen molar-refractivity contribution in [1.29, 1.82) is 0 Å².